The van der Waals surface area contributed by atoms with Gasteiger partial charge in [0.15, 0.2) is 0 Å². The summed E-state index contributed by atoms with van der Waals surface area (Å²) in [5.74, 6) is 0. The number of nitrogen functional groups attached to an aromatic ring is 1. The molecule has 17 heavy (non-hydrogen) atoms. The van der Waals surface area contributed by atoms with Crippen LogP contribution in [0.25, 0.3) is 11.3 Å². The number of benzene rings is 1. The maximum Gasteiger partial charge on any atom is 0.111 e. The lowest BCUT2D eigenvalue weighted by atomic mass is 10.1. The first kappa shape index (κ1) is 11.8. The average molecular weight is 247 g/mol. The van der Waals surface area contributed by atoms with Crippen molar-refractivity contribution < 1.29 is 4.57 Å². The topological polar surface area (TPSA) is 68.9 Å². The molecule has 5 heteroatoms. The van der Waals surface area contributed by atoms with Gasteiger partial charge in [-0.25, -0.2) is 0 Å². The van der Waals surface area contributed by atoms with E-state index in [2.05, 4.69) is 9.97 Å². The highest BCUT2D eigenvalue weighted by atomic mass is 31.2. The fourth-order valence-electron chi connectivity index (χ4n) is 1.62. The predicted octanol–water partition coefficient (Wildman–Crippen LogP) is 1.97. The zero-order valence-corrected chi connectivity index (χ0v) is 10.7. The summed E-state index contributed by atoms with van der Waals surface area (Å²) in [6.45, 7) is 3.41. The number of anilines is 1. The van der Waals surface area contributed by atoms with Crippen LogP contribution in [0.1, 0.15) is 0 Å². The third-order valence-electron chi connectivity index (χ3n) is 2.47. The Morgan fingerprint density at radius 1 is 1.24 bits per heavy atom. The summed E-state index contributed by atoms with van der Waals surface area (Å²) in [6, 6.07) is 5.46. The molecule has 0 aliphatic carbocycles. The smallest absolute Gasteiger partial charge is 0.111 e. The molecule has 0 aliphatic heterocycles. The number of hydrogen-bond acceptors (Lipinski definition) is 4. The zero-order valence-electron chi connectivity index (χ0n) is 9.79. The number of rotatable bonds is 2. The number of hydrogen-bond donors (Lipinski definition) is 1. The van der Waals surface area contributed by atoms with Crippen molar-refractivity contribution in [2.45, 2.75) is 0 Å². The fraction of sp³-hybridized carbons (Fsp3) is 0.167. The van der Waals surface area contributed by atoms with Crippen LogP contribution in [-0.2, 0) is 4.57 Å². The van der Waals surface area contributed by atoms with Crippen LogP contribution in [0.4, 0.5) is 5.69 Å². The zero-order chi connectivity index (χ0) is 12.5. The monoisotopic (exact) mass is 247 g/mol. The number of aromatic nitrogens is 2. The second-order valence-corrected chi connectivity index (χ2v) is 7.40. The first-order valence-corrected chi connectivity index (χ1v) is 7.80. The molecule has 0 radical (unpaired) electrons. The molecule has 0 fully saturated rings. The lowest BCUT2D eigenvalue weighted by Crippen LogP contribution is -2.10. The van der Waals surface area contributed by atoms with E-state index in [9.17, 15) is 4.57 Å². The van der Waals surface area contributed by atoms with Gasteiger partial charge in [-0.1, -0.05) is 6.07 Å². The molecule has 1 heterocycles. The molecule has 0 saturated heterocycles. The molecular formula is C12H14N3OP. The van der Waals surface area contributed by atoms with Gasteiger partial charge in [0.1, 0.15) is 7.14 Å². The highest BCUT2D eigenvalue weighted by Gasteiger charge is 2.15. The largest absolute Gasteiger partial charge is 0.398 e. The van der Waals surface area contributed by atoms with Gasteiger partial charge in [-0.15, -0.1) is 0 Å². The van der Waals surface area contributed by atoms with Gasteiger partial charge in [0.25, 0.3) is 0 Å². The summed E-state index contributed by atoms with van der Waals surface area (Å²) in [5, 5.41) is 0.695. The molecule has 2 aromatic rings. The molecule has 2 rings (SSSR count). The first-order valence-electron chi connectivity index (χ1n) is 5.20. The highest BCUT2D eigenvalue weighted by Crippen LogP contribution is 2.38. The van der Waals surface area contributed by atoms with Crippen molar-refractivity contribution in [1.82, 2.24) is 9.97 Å². The summed E-state index contributed by atoms with van der Waals surface area (Å²) in [4.78, 5) is 8.22. The molecular weight excluding hydrogens is 233 g/mol. The molecule has 1 aromatic heterocycles. The Labute approximate surface area is 100 Å². The Morgan fingerprint density at radius 2 is 2.00 bits per heavy atom. The minimum Gasteiger partial charge on any atom is -0.398 e. The minimum absolute atomic E-state index is 0.561. The molecule has 0 amide bonds. The Hall–Kier alpha value is -1.67. The van der Waals surface area contributed by atoms with E-state index in [0.29, 0.717) is 11.0 Å². The lowest BCUT2D eigenvalue weighted by molar-refractivity contribution is 0.588. The third kappa shape index (κ3) is 2.53. The first-order chi connectivity index (χ1) is 7.98. The van der Waals surface area contributed by atoms with Gasteiger partial charge < -0.3 is 10.3 Å². The van der Waals surface area contributed by atoms with Gasteiger partial charge in [0.05, 0.1) is 11.9 Å². The Balaban J connectivity index is 2.56. The van der Waals surface area contributed by atoms with Gasteiger partial charge >= 0.3 is 0 Å². The summed E-state index contributed by atoms with van der Waals surface area (Å²) in [7, 11) is -2.38. The molecule has 0 spiro atoms. The summed E-state index contributed by atoms with van der Waals surface area (Å²) >= 11 is 0. The highest BCUT2D eigenvalue weighted by molar-refractivity contribution is 7.70. The van der Waals surface area contributed by atoms with Crippen LogP contribution in [0.5, 0.6) is 0 Å². The van der Waals surface area contributed by atoms with Crippen LogP contribution in [0.15, 0.2) is 36.8 Å². The van der Waals surface area contributed by atoms with Gasteiger partial charge in [0.2, 0.25) is 0 Å². The van der Waals surface area contributed by atoms with Crippen LogP contribution in [0.2, 0.25) is 0 Å². The number of nitrogens with zero attached hydrogens (tertiary/aromatic N) is 2. The van der Waals surface area contributed by atoms with E-state index in [-0.39, 0.29) is 0 Å². The predicted molar refractivity (Wildman–Crippen MR) is 71.0 cm³/mol. The van der Waals surface area contributed by atoms with Crippen molar-refractivity contribution in [1.29, 1.82) is 0 Å². The molecule has 0 saturated carbocycles. The molecule has 4 nitrogen and oxygen atoms in total. The van der Waals surface area contributed by atoms with Crippen molar-refractivity contribution in [3.8, 4) is 11.3 Å². The summed E-state index contributed by atoms with van der Waals surface area (Å²) < 4.78 is 12.1. The van der Waals surface area contributed by atoms with Crippen molar-refractivity contribution in [3.05, 3.63) is 36.8 Å². The van der Waals surface area contributed by atoms with Crippen molar-refractivity contribution in [3.63, 3.8) is 0 Å². The lowest BCUT2D eigenvalue weighted by Gasteiger charge is -2.12. The van der Waals surface area contributed by atoms with Crippen molar-refractivity contribution in [2.24, 2.45) is 0 Å². The van der Waals surface area contributed by atoms with Crippen LogP contribution < -0.4 is 11.0 Å². The van der Waals surface area contributed by atoms with Gasteiger partial charge in [-0.3, -0.25) is 9.97 Å². The molecule has 1 aromatic carbocycles. The van der Waals surface area contributed by atoms with E-state index < -0.39 is 7.14 Å². The SMILES string of the molecule is CP(C)(=O)c1cc(-c2cnccn2)ccc1N. The second kappa shape index (κ2) is 4.30. The minimum atomic E-state index is -2.38. The van der Waals surface area contributed by atoms with Gasteiger partial charge in [-0.2, -0.15) is 0 Å². The molecule has 2 N–H and O–H groups in total. The van der Waals surface area contributed by atoms with E-state index >= 15 is 0 Å². The fourth-order valence-corrected chi connectivity index (χ4v) is 2.76. The van der Waals surface area contributed by atoms with Crippen LogP contribution in [0.3, 0.4) is 0 Å². The Morgan fingerprint density at radius 3 is 2.59 bits per heavy atom. The van der Waals surface area contributed by atoms with Crippen LogP contribution in [0, 0.1) is 0 Å². The van der Waals surface area contributed by atoms with E-state index in [1.807, 2.05) is 12.1 Å². The Kier molecular flexibility index (Phi) is 2.99. The molecule has 0 atom stereocenters. The normalized spacial score (nSPS) is 11.4. The van der Waals surface area contributed by atoms with Gasteiger partial charge in [-0.05, 0) is 25.5 Å². The standard InChI is InChI=1S/C12H14N3OP/c1-17(2,16)12-7-9(3-4-10(12)13)11-8-14-5-6-15-11/h3-8H,13H2,1-2H3. The van der Waals surface area contributed by atoms with Crippen molar-refractivity contribution >= 4 is 18.1 Å². The Bertz CT molecular complexity index is 578. The van der Waals surface area contributed by atoms with E-state index in [1.165, 1.54) is 0 Å². The van der Waals surface area contributed by atoms with E-state index in [4.69, 9.17) is 5.73 Å². The van der Waals surface area contributed by atoms with E-state index in [1.54, 1.807) is 38.0 Å². The quantitative estimate of drug-likeness (QED) is 0.650. The summed E-state index contributed by atoms with van der Waals surface area (Å²) in [5.41, 5.74) is 8.04. The molecule has 88 valence electrons. The van der Waals surface area contributed by atoms with E-state index in [0.717, 1.165) is 11.3 Å². The molecule has 0 aliphatic rings. The maximum absolute atomic E-state index is 12.1. The van der Waals surface area contributed by atoms with Crippen LogP contribution in [-0.4, -0.2) is 23.3 Å². The third-order valence-corrected chi connectivity index (χ3v) is 4.02. The average Bonchev–Trinajstić information content (AvgIpc) is 2.29. The van der Waals surface area contributed by atoms with Crippen molar-refractivity contribution in [2.75, 3.05) is 19.1 Å². The second-order valence-electron chi connectivity index (χ2n) is 4.22. The molecule has 0 bridgehead atoms. The molecule has 0 unspecified atom stereocenters. The van der Waals surface area contributed by atoms with Gasteiger partial charge in [0, 0.05) is 28.9 Å². The number of nitrogens with two attached hydrogens (primary N) is 1. The maximum atomic E-state index is 12.1. The van der Waals surface area contributed by atoms with Crippen LogP contribution >= 0.6 is 7.14 Å². The summed E-state index contributed by atoms with van der Waals surface area (Å²) in [6.07, 6.45) is 4.92.